The largest absolute Gasteiger partial charge is 0.496 e. The van der Waals surface area contributed by atoms with E-state index in [-0.39, 0.29) is 17.6 Å². The van der Waals surface area contributed by atoms with Crippen molar-refractivity contribution >= 4 is 45.1 Å². The SMILES string of the molecule is COc1ccc(Br)cc1C(=O)NC(=S)NNC(=O)COc1cc(C)ccc1C(C)C. The smallest absolute Gasteiger partial charge is 0.276 e. The lowest BCUT2D eigenvalue weighted by Gasteiger charge is -2.15. The lowest BCUT2D eigenvalue weighted by Crippen LogP contribution is -2.49. The zero-order valence-corrected chi connectivity index (χ0v) is 19.6. The van der Waals surface area contributed by atoms with Crippen molar-refractivity contribution in [1.82, 2.24) is 16.2 Å². The Hall–Kier alpha value is -2.65. The predicted molar refractivity (Wildman–Crippen MR) is 123 cm³/mol. The maximum absolute atomic E-state index is 12.4. The molecule has 160 valence electrons. The number of halogens is 1. The van der Waals surface area contributed by atoms with E-state index in [0.29, 0.717) is 17.1 Å². The maximum Gasteiger partial charge on any atom is 0.276 e. The van der Waals surface area contributed by atoms with Crippen molar-refractivity contribution in [3.8, 4) is 11.5 Å². The van der Waals surface area contributed by atoms with Crippen LogP contribution in [0.15, 0.2) is 40.9 Å². The Balaban J connectivity index is 1.87. The number of methoxy groups -OCH3 is 1. The molecule has 0 spiro atoms. The molecule has 3 N–H and O–H groups in total. The maximum atomic E-state index is 12.4. The number of amides is 2. The Bertz CT molecular complexity index is 950. The summed E-state index contributed by atoms with van der Waals surface area (Å²) in [4.78, 5) is 24.5. The summed E-state index contributed by atoms with van der Waals surface area (Å²) < 4.78 is 11.6. The van der Waals surface area contributed by atoms with Crippen LogP contribution in [0.5, 0.6) is 11.5 Å². The molecule has 0 saturated heterocycles. The molecule has 0 aromatic heterocycles. The minimum atomic E-state index is -0.475. The Morgan fingerprint density at radius 1 is 1.10 bits per heavy atom. The number of hydrogen-bond acceptors (Lipinski definition) is 5. The third-order valence-electron chi connectivity index (χ3n) is 4.10. The van der Waals surface area contributed by atoms with E-state index in [1.165, 1.54) is 7.11 Å². The highest BCUT2D eigenvalue weighted by Crippen LogP contribution is 2.27. The van der Waals surface area contributed by atoms with Gasteiger partial charge in [0.25, 0.3) is 11.8 Å². The highest BCUT2D eigenvalue weighted by atomic mass is 79.9. The minimum absolute atomic E-state index is 0.0613. The second kappa shape index (κ2) is 10.9. The minimum Gasteiger partial charge on any atom is -0.496 e. The molecule has 30 heavy (non-hydrogen) atoms. The summed E-state index contributed by atoms with van der Waals surface area (Å²) in [5, 5.41) is 2.42. The molecule has 0 unspecified atom stereocenters. The molecule has 0 aliphatic carbocycles. The summed E-state index contributed by atoms with van der Waals surface area (Å²) in [5.41, 5.74) is 7.25. The number of aryl methyl sites for hydroxylation is 1. The van der Waals surface area contributed by atoms with Gasteiger partial charge in [0.05, 0.1) is 12.7 Å². The first kappa shape index (κ1) is 23.6. The molecule has 2 aromatic carbocycles. The van der Waals surface area contributed by atoms with Crippen molar-refractivity contribution in [1.29, 1.82) is 0 Å². The van der Waals surface area contributed by atoms with Crippen LogP contribution in [-0.2, 0) is 4.79 Å². The highest BCUT2D eigenvalue weighted by Gasteiger charge is 2.15. The number of hydrazine groups is 1. The van der Waals surface area contributed by atoms with Gasteiger partial charge in [-0.3, -0.25) is 25.8 Å². The number of thiocarbonyl (C=S) groups is 1. The van der Waals surface area contributed by atoms with Crippen LogP contribution in [0.4, 0.5) is 0 Å². The number of nitrogens with one attached hydrogen (secondary N) is 3. The average molecular weight is 494 g/mol. The quantitative estimate of drug-likeness (QED) is 0.420. The lowest BCUT2D eigenvalue weighted by molar-refractivity contribution is -0.123. The number of benzene rings is 2. The first-order valence-corrected chi connectivity index (χ1v) is 10.4. The standard InChI is InChI=1S/C21H24BrN3O4S/c1-12(2)15-7-5-13(3)9-18(15)29-11-19(26)24-25-21(30)23-20(27)16-10-14(22)6-8-17(16)28-4/h5-10,12H,11H2,1-4H3,(H,24,26)(H2,23,25,27,30). The van der Waals surface area contributed by atoms with Crippen LogP contribution in [0.1, 0.15) is 41.3 Å². The number of rotatable bonds is 6. The van der Waals surface area contributed by atoms with E-state index in [1.54, 1.807) is 18.2 Å². The van der Waals surface area contributed by atoms with E-state index in [2.05, 4.69) is 45.9 Å². The molecule has 0 saturated carbocycles. The molecule has 0 atom stereocenters. The monoisotopic (exact) mass is 493 g/mol. The second-order valence-electron chi connectivity index (χ2n) is 6.79. The van der Waals surface area contributed by atoms with Crippen molar-refractivity contribution in [2.75, 3.05) is 13.7 Å². The van der Waals surface area contributed by atoms with E-state index in [1.807, 2.05) is 25.1 Å². The van der Waals surface area contributed by atoms with Crippen molar-refractivity contribution in [2.45, 2.75) is 26.7 Å². The van der Waals surface area contributed by atoms with Gasteiger partial charge in [-0.25, -0.2) is 0 Å². The van der Waals surface area contributed by atoms with Crippen LogP contribution in [0.25, 0.3) is 0 Å². The van der Waals surface area contributed by atoms with Crippen molar-refractivity contribution in [2.24, 2.45) is 0 Å². The summed E-state index contributed by atoms with van der Waals surface area (Å²) in [6, 6.07) is 10.9. The molecule has 2 aromatic rings. The Morgan fingerprint density at radius 3 is 2.50 bits per heavy atom. The molecule has 0 bridgehead atoms. The number of carbonyl (C=O) groups excluding carboxylic acids is 2. The van der Waals surface area contributed by atoms with Gasteiger partial charge in [0.1, 0.15) is 11.5 Å². The number of carbonyl (C=O) groups is 2. The summed E-state index contributed by atoms with van der Waals surface area (Å²) in [6.07, 6.45) is 0. The zero-order valence-electron chi connectivity index (χ0n) is 17.2. The van der Waals surface area contributed by atoms with Gasteiger partial charge in [-0.05, 0) is 60.5 Å². The molecule has 0 radical (unpaired) electrons. The lowest BCUT2D eigenvalue weighted by atomic mass is 10.0. The summed E-state index contributed by atoms with van der Waals surface area (Å²) in [7, 11) is 1.47. The van der Waals surface area contributed by atoms with Gasteiger partial charge >= 0.3 is 0 Å². The molecule has 0 heterocycles. The van der Waals surface area contributed by atoms with Gasteiger partial charge in [-0.15, -0.1) is 0 Å². The molecule has 2 rings (SSSR count). The molecule has 7 nitrogen and oxygen atoms in total. The number of hydrogen-bond donors (Lipinski definition) is 3. The molecule has 0 aliphatic heterocycles. The Kier molecular flexibility index (Phi) is 8.61. The van der Waals surface area contributed by atoms with E-state index >= 15 is 0 Å². The Morgan fingerprint density at radius 2 is 1.83 bits per heavy atom. The van der Waals surface area contributed by atoms with Crippen LogP contribution in [0.3, 0.4) is 0 Å². The molecule has 0 aliphatic rings. The van der Waals surface area contributed by atoms with Crippen molar-refractivity contribution < 1.29 is 19.1 Å². The van der Waals surface area contributed by atoms with E-state index < -0.39 is 11.8 Å². The van der Waals surface area contributed by atoms with Gasteiger partial charge in [0.15, 0.2) is 11.7 Å². The van der Waals surface area contributed by atoms with Gasteiger partial charge in [-0.2, -0.15) is 0 Å². The first-order valence-electron chi connectivity index (χ1n) is 9.18. The topological polar surface area (TPSA) is 88.7 Å². The second-order valence-corrected chi connectivity index (χ2v) is 8.11. The summed E-state index contributed by atoms with van der Waals surface area (Å²) in [5.74, 6) is 0.410. The fourth-order valence-electron chi connectivity index (χ4n) is 2.61. The van der Waals surface area contributed by atoms with Gasteiger partial charge < -0.3 is 9.47 Å². The normalized spacial score (nSPS) is 10.3. The summed E-state index contributed by atoms with van der Waals surface area (Å²) in [6.45, 7) is 5.87. The molecule has 0 fully saturated rings. The van der Waals surface area contributed by atoms with Crippen LogP contribution in [0, 0.1) is 6.92 Å². The fraction of sp³-hybridized carbons (Fsp3) is 0.286. The van der Waals surface area contributed by atoms with Crippen molar-refractivity contribution in [3.63, 3.8) is 0 Å². The summed E-state index contributed by atoms with van der Waals surface area (Å²) >= 11 is 8.37. The highest BCUT2D eigenvalue weighted by molar-refractivity contribution is 9.10. The number of ether oxygens (including phenoxy) is 2. The van der Waals surface area contributed by atoms with Crippen LogP contribution >= 0.6 is 28.1 Å². The third kappa shape index (κ3) is 6.70. The first-order chi connectivity index (χ1) is 14.2. The third-order valence-corrected chi connectivity index (χ3v) is 4.80. The van der Waals surface area contributed by atoms with Crippen LogP contribution < -0.4 is 25.6 Å². The van der Waals surface area contributed by atoms with E-state index in [0.717, 1.165) is 15.6 Å². The van der Waals surface area contributed by atoms with E-state index in [9.17, 15) is 9.59 Å². The molecule has 2 amide bonds. The van der Waals surface area contributed by atoms with Gasteiger partial charge in [0, 0.05) is 4.47 Å². The fourth-order valence-corrected chi connectivity index (χ4v) is 3.11. The molecule has 9 heteroatoms. The van der Waals surface area contributed by atoms with Crippen LogP contribution in [0.2, 0.25) is 0 Å². The zero-order chi connectivity index (χ0) is 22.3. The van der Waals surface area contributed by atoms with Gasteiger partial charge in [-0.1, -0.05) is 41.9 Å². The Labute approximate surface area is 189 Å². The van der Waals surface area contributed by atoms with Crippen molar-refractivity contribution in [3.05, 3.63) is 57.6 Å². The molecular weight excluding hydrogens is 470 g/mol. The van der Waals surface area contributed by atoms with Crippen LogP contribution in [-0.4, -0.2) is 30.6 Å². The van der Waals surface area contributed by atoms with Gasteiger partial charge in [0.2, 0.25) is 0 Å². The molecular formula is C21H24BrN3O4S. The average Bonchev–Trinajstić information content (AvgIpc) is 2.70. The predicted octanol–water partition coefficient (Wildman–Crippen LogP) is 3.60. The van der Waals surface area contributed by atoms with E-state index in [4.69, 9.17) is 21.7 Å².